The van der Waals surface area contributed by atoms with E-state index in [4.69, 9.17) is 4.74 Å². The molecule has 75 heavy (non-hydrogen) atoms. The Morgan fingerprint density at radius 3 is 0.880 bits per heavy atom. The third kappa shape index (κ3) is 17.7. The van der Waals surface area contributed by atoms with E-state index < -0.39 is 0 Å². The summed E-state index contributed by atoms with van der Waals surface area (Å²) in [7, 11) is 0. The molecule has 0 unspecified atom stereocenters. The first kappa shape index (κ1) is 57.5. The van der Waals surface area contributed by atoms with Crippen LogP contribution in [0.1, 0.15) is 267 Å². The standard InChI is InChI=1S/C74H106O/c1-5-9-13-17-57-21-29-61(30-22-57)63-37-41-65(42-38-63)67-45-49-71(50-46-67)73(69-33-25-59(26-34-69)19-15-11-7-3)53-55-75-56-54-74(70-35-27-60(28-36-70)20-16-12-8-4)72-51-47-68(48-52-72)66-43-39-64(40-44-66)62-31-23-58(24-32-62)18-14-10-6-2/h37-54,57-62,69-70H,5-36,55-56H2,1-4H3/t57-,58-,59-,60-,61-,62-,69-,70-. The minimum atomic E-state index is 0.608. The van der Waals surface area contributed by atoms with Gasteiger partial charge in [-0.15, -0.1) is 0 Å². The molecule has 4 fully saturated rings. The van der Waals surface area contributed by atoms with Crippen LogP contribution in [0.3, 0.4) is 0 Å². The molecule has 0 atom stereocenters. The van der Waals surface area contributed by atoms with Crippen LogP contribution in [0.5, 0.6) is 0 Å². The molecular weight excluding hydrogens is 905 g/mol. The summed E-state index contributed by atoms with van der Waals surface area (Å²) in [5, 5.41) is 0. The fourth-order valence-electron chi connectivity index (χ4n) is 14.8. The average Bonchev–Trinajstić information content (AvgIpc) is 3.46. The minimum Gasteiger partial charge on any atom is -0.373 e. The Morgan fingerprint density at radius 1 is 0.333 bits per heavy atom. The molecule has 0 aromatic heterocycles. The lowest BCUT2D eigenvalue weighted by atomic mass is 9.75. The van der Waals surface area contributed by atoms with Gasteiger partial charge in [-0.05, 0) is 206 Å². The Hall–Kier alpha value is -3.68. The van der Waals surface area contributed by atoms with E-state index in [1.165, 1.54) is 250 Å². The highest BCUT2D eigenvalue weighted by atomic mass is 16.5. The summed E-state index contributed by atoms with van der Waals surface area (Å²) < 4.78 is 6.70. The summed E-state index contributed by atoms with van der Waals surface area (Å²) in [6.45, 7) is 10.7. The molecule has 4 aromatic carbocycles. The van der Waals surface area contributed by atoms with Crippen LogP contribution in [0.25, 0.3) is 33.4 Å². The molecule has 0 radical (unpaired) electrons. The third-order valence-corrected chi connectivity index (χ3v) is 19.8. The van der Waals surface area contributed by atoms with Crippen molar-refractivity contribution in [1.29, 1.82) is 0 Å². The van der Waals surface area contributed by atoms with Crippen molar-refractivity contribution in [1.82, 2.24) is 0 Å². The molecule has 4 aliphatic carbocycles. The topological polar surface area (TPSA) is 9.23 Å². The molecule has 1 nitrogen and oxygen atoms in total. The first-order valence-electron chi connectivity index (χ1n) is 32.4. The van der Waals surface area contributed by atoms with Crippen molar-refractivity contribution in [2.45, 2.75) is 245 Å². The van der Waals surface area contributed by atoms with Gasteiger partial charge in [-0.3, -0.25) is 0 Å². The summed E-state index contributed by atoms with van der Waals surface area (Å²) in [5.41, 5.74) is 14.3. The van der Waals surface area contributed by atoms with Gasteiger partial charge in [0.25, 0.3) is 0 Å². The zero-order chi connectivity index (χ0) is 51.9. The summed E-state index contributed by atoms with van der Waals surface area (Å²) in [6.07, 6.45) is 49.1. The number of rotatable bonds is 28. The van der Waals surface area contributed by atoms with Gasteiger partial charge in [-0.2, -0.15) is 0 Å². The highest BCUT2D eigenvalue weighted by Crippen LogP contribution is 2.44. The Balaban J connectivity index is 0.924. The Morgan fingerprint density at radius 2 is 0.600 bits per heavy atom. The second-order valence-corrected chi connectivity index (χ2v) is 25.1. The van der Waals surface area contributed by atoms with Crippen LogP contribution in [0.4, 0.5) is 0 Å². The van der Waals surface area contributed by atoms with E-state index in [0.29, 0.717) is 25.0 Å². The van der Waals surface area contributed by atoms with Crippen LogP contribution in [0.2, 0.25) is 0 Å². The van der Waals surface area contributed by atoms with Crippen LogP contribution in [-0.2, 0) is 4.74 Å². The van der Waals surface area contributed by atoms with E-state index in [1.807, 2.05) is 0 Å². The third-order valence-electron chi connectivity index (χ3n) is 19.8. The molecule has 408 valence electrons. The SMILES string of the molecule is CCCCC[C@H]1CC[C@H](C(=CCOCC=C(c2ccc(-c3ccc([C@H]4CC[C@H](CCCCC)CC4)cc3)cc2)[C@H]2CC[C@H](CCCCC)CC2)c2ccc(-c3ccc([C@H]4CC[C@H](CCCCC)CC4)cc3)cc2)CC1. The molecule has 4 saturated carbocycles. The number of benzene rings is 4. The molecule has 0 spiro atoms. The smallest absolute Gasteiger partial charge is 0.0657 e. The maximum atomic E-state index is 6.70. The molecule has 4 aliphatic rings. The Kier molecular flexibility index (Phi) is 24.3. The number of hydrogen-bond donors (Lipinski definition) is 0. The van der Waals surface area contributed by atoms with Crippen LogP contribution in [0.15, 0.2) is 109 Å². The van der Waals surface area contributed by atoms with Gasteiger partial charge in [0.1, 0.15) is 0 Å². The minimum absolute atomic E-state index is 0.608. The van der Waals surface area contributed by atoms with Gasteiger partial charge in [-0.1, -0.05) is 240 Å². The lowest BCUT2D eigenvalue weighted by molar-refractivity contribution is 0.193. The van der Waals surface area contributed by atoms with Crippen molar-refractivity contribution in [3.8, 4) is 22.3 Å². The summed E-state index contributed by atoms with van der Waals surface area (Å²) in [5.74, 6) is 6.42. The van der Waals surface area contributed by atoms with Crippen LogP contribution < -0.4 is 0 Å². The first-order chi connectivity index (χ1) is 37.0. The molecule has 0 bridgehead atoms. The highest BCUT2D eigenvalue weighted by Gasteiger charge is 2.28. The molecule has 0 amide bonds. The van der Waals surface area contributed by atoms with Crippen molar-refractivity contribution in [3.63, 3.8) is 0 Å². The average molecular weight is 1010 g/mol. The molecule has 1 heteroatoms. The molecule has 0 heterocycles. The van der Waals surface area contributed by atoms with E-state index in [-0.39, 0.29) is 0 Å². The van der Waals surface area contributed by atoms with Crippen LogP contribution in [-0.4, -0.2) is 13.2 Å². The van der Waals surface area contributed by atoms with Crippen molar-refractivity contribution in [2.24, 2.45) is 35.5 Å². The number of allylic oxidation sites excluding steroid dienone is 2. The van der Waals surface area contributed by atoms with E-state index >= 15 is 0 Å². The zero-order valence-corrected chi connectivity index (χ0v) is 48.5. The summed E-state index contributed by atoms with van der Waals surface area (Å²) >= 11 is 0. The van der Waals surface area contributed by atoms with Gasteiger partial charge in [0, 0.05) is 0 Å². The van der Waals surface area contributed by atoms with Crippen LogP contribution in [0, 0.1) is 35.5 Å². The number of unbranched alkanes of at least 4 members (excludes halogenated alkanes) is 8. The van der Waals surface area contributed by atoms with Crippen molar-refractivity contribution in [2.75, 3.05) is 13.2 Å². The fraction of sp³-hybridized carbons (Fsp3) is 0.622. The summed E-state index contributed by atoms with van der Waals surface area (Å²) in [6, 6.07) is 38.7. The van der Waals surface area contributed by atoms with Gasteiger partial charge in [0.2, 0.25) is 0 Å². The second-order valence-electron chi connectivity index (χ2n) is 25.1. The van der Waals surface area contributed by atoms with Gasteiger partial charge in [0.05, 0.1) is 13.2 Å². The van der Waals surface area contributed by atoms with Crippen molar-refractivity contribution >= 4 is 11.1 Å². The lowest BCUT2D eigenvalue weighted by Gasteiger charge is -2.31. The molecule has 0 saturated heterocycles. The van der Waals surface area contributed by atoms with Gasteiger partial charge in [-0.25, -0.2) is 0 Å². The molecule has 4 aromatic rings. The van der Waals surface area contributed by atoms with Crippen molar-refractivity contribution in [3.05, 3.63) is 131 Å². The second kappa shape index (κ2) is 31.7. The fourth-order valence-corrected chi connectivity index (χ4v) is 14.8. The number of ether oxygens (including phenoxy) is 1. The van der Waals surface area contributed by atoms with Gasteiger partial charge >= 0.3 is 0 Å². The van der Waals surface area contributed by atoms with E-state index in [9.17, 15) is 0 Å². The Labute approximate surface area is 461 Å². The molecular formula is C74H106O. The Bertz CT molecular complexity index is 2050. The van der Waals surface area contributed by atoms with Gasteiger partial charge < -0.3 is 4.74 Å². The first-order valence-corrected chi connectivity index (χ1v) is 32.4. The van der Waals surface area contributed by atoms with Crippen LogP contribution >= 0.6 is 0 Å². The van der Waals surface area contributed by atoms with E-state index in [1.54, 1.807) is 11.1 Å². The molecule has 0 aliphatic heterocycles. The van der Waals surface area contributed by atoms with E-state index in [0.717, 1.165) is 35.5 Å². The predicted molar refractivity (Wildman–Crippen MR) is 327 cm³/mol. The maximum Gasteiger partial charge on any atom is 0.0657 e. The normalized spacial score (nSPS) is 24.9. The zero-order valence-electron chi connectivity index (χ0n) is 48.5. The highest BCUT2D eigenvalue weighted by molar-refractivity contribution is 5.73. The maximum absolute atomic E-state index is 6.70. The quantitative estimate of drug-likeness (QED) is 0.0515. The van der Waals surface area contributed by atoms with Crippen molar-refractivity contribution < 1.29 is 4.74 Å². The monoisotopic (exact) mass is 1010 g/mol. The molecule has 8 rings (SSSR count). The molecule has 0 N–H and O–H groups in total. The van der Waals surface area contributed by atoms with E-state index in [2.05, 4.69) is 137 Å². The summed E-state index contributed by atoms with van der Waals surface area (Å²) in [4.78, 5) is 0. The largest absolute Gasteiger partial charge is 0.373 e. The predicted octanol–water partition coefficient (Wildman–Crippen LogP) is 23.0. The lowest BCUT2D eigenvalue weighted by Crippen LogP contribution is -2.17. The number of hydrogen-bond acceptors (Lipinski definition) is 1. The van der Waals surface area contributed by atoms with Gasteiger partial charge in [0.15, 0.2) is 0 Å².